The maximum absolute atomic E-state index is 15.2. The highest BCUT2D eigenvalue weighted by atomic mass is 19.1. The zero-order valence-corrected chi connectivity index (χ0v) is 22.1. The Bertz CT molecular complexity index is 1430. The van der Waals surface area contributed by atoms with Crippen LogP contribution in [0.3, 0.4) is 0 Å². The minimum atomic E-state index is -0.655. The van der Waals surface area contributed by atoms with Gasteiger partial charge in [-0.1, -0.05) is 18.2 Å². The van der Waals surface area contributed by atoms with Crippen LogP contribution in [0.5, 0.6) is 11.5 Å². The van der Waals surface area contributed by atoms with E-state index in [1.165, 1.54) is 24.3 Å². The van der Waals surface area contributed by atoms with Gasteiger partial charge < -0.3 is 24.0 Å². The van der Waals surface area contributed by atoms with E-state index in [1.807, 2.05) is 0 Å². The van der Waals surface area contributed by atoms with Gasteiger partial charge in [-0.2, -0.15) is 0 Å². The molecule has 3 aliphatic rings. The van der Waals surface area contributed by atoms with Gasteiger partial charge in [-0.05, 0) is 72.4 Å². The molecule has 0 spiro atoms. The molecule has 9 heteroatoms. The molecule has 2 heterocycles. The van der Waals surface area contributed by atoms with Gasteiger partial charge in [0.15, 0.2) is 11.5 Å². The lowest BCUT2D eigenvalue weighted by molar-refractivity contribution is -0.0370. The molecule has 1 saturated carbocycles. The monoisotopic (exact) mass is 548 g/mol. The number of carbonyl (C=O) groups is 2. The molecule has 0 unspecified atom stereocenters. The van der Waals surface area contributed by atoms with Crippen LogP contribution in [0, 0.1) is 17.6 Å². The van der Waals surface area contributed by atoms with E-state index in [0.717, 1.165) is 12.8 Å². The highest BCUT2D eigenvalue weighted by Crippen LogP contribution is 2.34. The normalized spacial score (nSPS) is 20.3. The Kier molecular flexibility index (Phi) is 7.14. The lowest BCUT2D eigenvalue weighted by Crippen LogP contribution is -2.53. The lowest BCUT2D eigenvalue weighted by Gasteiger charge is -2.36. The molecule has 0 aromatic heterocycles. The van der Waals surface area contributed by atoms with Gasteiger partial charge in [0.1, 0.15) is 11.6 Å². The fraction of sp³-hybridized carbons (Fsp3) is 0.355. The average molecular weight is 549 g/mol. The summed E-state index contributed by atoms with van der Waals surface area (Å²) in [7, 11) is 1.56. The van der Waals surface area contributed by atoms with E-state index in [9.17, 15) is 14.0 Å². The predicted molar refractivity (Wildman–Crippen MR) is 143 cm³/mol. The van der Waals surface area contributed by atoms with Crippen LogP contribution in [0.4, 0.5) is 8.78 Å². The molecule has 0 N–H and O–H groups in total. The number of ether oxygens (including phenoxy) is 3. The van der Waals surface area contributed by atoms with Crippen LogP contribution in [0.25, 0.3) is 11.1 Å². The summed E-state index contributed by atoms with van der Waals surface area (Å²) in [5.41, 5.74) is 1.61. The van der Waals surface area contributed by atoms with E-state index in [4.69, 9.17) is 14.2 Å². The van der Waals surface area contributed by atoms with Crippen molar-refractivity contribution in [1.29, 1.82) is 0 Å². The maximum atomic E-state index is 15.2. The Morgan fingerprint density at radius 1 is 0.925 bits per heavy atom. The van der Waals surface area contributed by atoms with Crippen molar-refractivity contribution >= 4 is 11.8 Å². The summed E-state index contributed by atoms with van der Waals surface area (Å²) in [6.07, 6.45) is 1.93. The van der Waals surface area contributed by atoms with E-state index >= 15 is 4.39 Å². The first-order chi connectivity index (χ1) is 19.4. The Balaban J connectivity index is 1.17. The third-order valence-electron chi connectivity index (χ3n) is 7.81. The molecule has 0 bridgehead atoms. The van der Waals surface area contributed by atoms with Crippen molar-refractivity contribution in [3.63, 3.8) is 0 Å². The summed E-state index contributed by atoms with van der Waals surface area (Å²) in [6.45, 7) is 1.78. The van der Waals surface area contributed by atoms with Gasteiger partial charge >= 0.3 is 0 Å². The maximum Gasteiger partial charge on any atom is 0.257 e. The fourth-order valence-corrected chi connectivity index (χ4v) is 5.37. The average Bonchev–Trinajstić information content (AvgIpc) is 3.70. The molecule has 2 atom stereocenters. The van der Waals surface area contributed by atoms with E-state index in [1.54, 1.807) is 53.3 Å². The number of carbonyl (C=O) groups excluding carboxylic acids is 2. The second-order valence-corrected chi connectivity index (χ2v) is 10.5. The molecular formula is C31H30F2N2O5. The molecule has 2 amide bonds. The topological polar surface area (TPSA) is 68.3 Å². The highest BCUT2D eigenvalue weighted by molar-refractivity contribution is 5.97. The molecule has 7 nitrogen and oxygen atoms in total. The van der Waals surface area contributed by atoms with E-state index < -0.39 is 17.8 Å². The van der Waals surface area contributed by atoms with Gasteiger partial charge in [-0.3, -0.25) is 9.59 Å². The van der Waals surface area contributed by atoms with Crippen LogP contribution in [-0.2, 0) is 4.74 Å². The second-order valence-electron chi connectivity index (χ2n) is 10.5. The summed E-state index contributed by atoms with van der Waals surface area (Å²) < 4.78 is 45.7. The Labute approximate surface area is 231 Å². The van der Waals surface area contributed by atoms with Crippen molar-refractivity contribution in [3.8, 4) is 22.6 Å². The van der Waals surface area contributed by atoms with E-state index in [-0.39, 0.29) is 29.9 Å². The molecule has 3 aromatic carbocycles. The molecular weight excluding hydrogens is 518 g/mol. The minimum absolute atomic E-state index is 0.0519. The molecule has 0 radical (unpaired) electrons. The molecule has 208 valence electrons. The number of benzene rings is 3. The predicted octanol–water partition coefficient (Wildman–Crippen LogP) is 4.79. The number of rotatable bonds is 7. The number of halogens is 2. The molecule has 2 saturated heterocycles. The van der Waals surface area contributed by atoms with Crippen LogP contribution >= 0.6 is 0 Å². The van der Waals surface area contributed by atoms with Gasteiger partial charge in [0.05, 0.1) is 38.0 Å². The molecule has 6 rings (SSSR count). The van der Waals surface area contributed by atoms with Crippen molar-refractivity contribution in [2.75, 3.05) is 40.0 Å². The molecule has 1 aliphatic carbocycles. The second kappa shape index (κ2) is 10.9. The van der Waals surface area contributed by atoms with Crippen LogP contribution in [-0.4, -0.2) is 73.7 Å². The Morgan fingerprint density at radius 3 is 2.42 bits per heavy atom. The van der Waals surface area contributed by atoms with Crippen molar-refractivity contribution < 1.29 is 32.6 Å². The van der Waals surface area contributed by atoms with Crippen molar-refractivity contribution in [3.05, 3.63) is 83.4 Å². The zero-order valence-electron chi connectivity index (χ0n) is 22.1. The van der Waals surface area contributed by atoms with Gasteiger partial charge in [0.25, 0.3) is 11.8 Å². The third kappa shape index (κ3) is 5.25. The summed E-state index contributed by atoms with van der Waals surface area (Å²) in [5.74, 6) is -0.0241. The standard InChI is InChI=1S/C31H30F2N2O5/c1-38-27-11-7-22(15-28(27)40-18-19-2-3-19)30(36)34-16-26-29(17-34)39-13-12-35(26)31(37)24-10-6-21(14-25(24)33)20-4-8-23(32)9-5-20/h4-11,14-15,19,26,29H,2-3,12-13,16-18H2,1H3/t26-,29+/m0/s1. The van der Waals surface area contributed by atoms with Gasteiger partial charge in [0.2, 0.25) is 0 Å². The summed E-state index contributed by atoms with van der Waals surface area (Å²) >= 11 is 0. The number of hydrogen-bond acceptors (Lipinski definition) is 5. The third-order valence-corrected chi connectivity index (χ3v) is 7.81. The zero-order chi connectivity index (χ0) is 27.8. The number of methoxy groups -OCH3 is 1. The smallest absolute Gasteiger partial charge is 0.257 e. The van der Waals surface area contributed by atoms with Gasteiger partial charge in [-0.15, -0.1) is 0 Å². The number of nitrogens with zero attached hydrogens (tertiary/aromatic N) is 2. The number of amides is 2. The quantitative estimate of drug-likeness (QED) is 0.425. The first-order valence-corrected chi connectivity index (χ1v) is 13.5. The van der Waals surface area contributed by atoms with Gasteiger partial charge in [-0.25, -0.2) is 8.78 Å². The summed E-state index contributed by atoms with van der Waals surface area (Å²) in [5, 5.41) is 0. The summed E-state index contributed by atoms with van der Waals surface area (Å²) in [6, 6.07) is 14.9. The minimum Gasteiger partial charge on any atom is -0.493 e. The number of hydrogen-bond donors (Lipinski definition) is 0. The molecule has 3 aromatic rings. The van der Waals surface area contributed by atoms with Crippen molar-refractivity contribution in [2.24, 2.45) is 5.92 Å². The van der Waals surface area contributed by atoms with Crippen LogP contribution in [0.15, 0.2) is 60.7 Å². The van der Waals surface area contributed by atoms with Crippen molar-refractivity contribution in [2.45, 2.75) is 25.0 Å². The molecule has 40 heavy (non-hydrogen) atoms. The van der Waals surface area contributed by atoms with E-state index in [2.05, 4.69) is 0 Å². The highest BCUT2D eigenvalue weighted by Gasteiger charge is 2.44. The largest absolute Gasteiger partial charge is 0.493 e. The SMILES string of the molecule is COc1ccc(C(=O)N2C[C@H]3OCCN(C(=O)c4ccc(-c5ccc(F)cc5)cc4F)[C@H]3C2)cc1OCC1CC1. The number of fused-ring (bicyclic) bond motifs is 1. The number of likely N-dealkylation sites (tertiary alicyclic amines) is 1. The summed E-state index contributed by atoms with van der Waals surface area (Å²) in [4.78, 5) is 30.2. The Hall–Kier alpha value is -3.98. The molecule has 2 aliphatic heterocycles. The number of morpholine rings is 1. The molecule has 3 fully saturated rings. The first-order valence-electron chi connectivity index (χ1n) is 13.5. The van der Waals surface area contributed by atoms with E-state index in [0.29, 0.717) is 60.4 Å². The van der Waals surface area contributed by atoms with Crippen molar-refractivity contribution in [1.82, 2.24) is 9.80 Å². The Morgan fingerprint density at radius 2 is 1.70 bits per heavy atom. The van der Waals surface area contributed by atoms with Gasteiger partial charge in [0, 0.05) is 25.2 Å². The first kappa shape index (κ1) is 26.3. The lowest BCUT2D eigenvalue weighted by atomic mass is 10.0. The van der Waals surface area contributed by atoms with Crippen LogP contribution in [0.2, 0.25) is 0 Å². The van der Waals surface area contributed by atoms with Crippen LogP contribution < -0.4 is 9.47 Å². The fourth-order valence-electron chi connectivity index (χ4n) is 5.37. The van der Waals surface area contributed by atoms with Crippen LogP contribution in [0.1, 0.15) is 33.6 Å².